The summed E-state index contributed by atoms with van der Waals surface area (Å²) in [6.45, 7) is 5.18. The van der Waals surface area contributed by atoms with Crippen LogP contribution in [0.1, 0.15) is 46.5 Å². The number of ketones is 2. The van der Waals surface area contributed by atoms with Crippen LogP contribution in [0.5, 0.6) is 0 Å². The van der Waals surface area contributed by atoms with Crippen molar-refractivity contribution in [1.29, 1.82) is 0 Å². The molecule has 18 heavy (non-hydrogen) atoms. The second-order valence-corrected chi connectivity index (χ2v) is 5.96. The molecule has 0 saturated heterocycles. The van der Waals surface area contributed by atoms with Crippen molar-refractivity contribution < 1.29 is 19.1 Å². The SMILES string of the molecule is COC(=O)C1CCCCC1C(=O)C(=O)C(C)(C)C. The standard InChI is InChI=1S/C14H22O4/c1-14(2,3)12(16)11(15)9-7-5-6-8-10(9)13(17)18-4/h9-10H,5-8H2,1-4H3. The number of hydrogen-bond acceptors (Lipinski definition) is 4. The fourth-order valence-corrected chi connectivity index (χ4v) is 2.42. The van der Waals surface area contributed by atoms with E-state index in [2.05, 4.69) is 0 Å². The fraction of sp³-hybridized carbons (Fsp3) is 0.786. The zero-order valence-corrected chi connectivity index (χ0v) is 11.6. The van der Waals surface area contributed by atoms with Crippen LogP contribution in [0.4, 0.5) is 0 Å². The molecule has 2 unspecified atom stereocenters. The normalized spacial score (nSPS) is 24.4. The summed E-state index contributed by atoms with van der Waals surface area (Å²) >= 11 is 0. The molecule has 0 bridgehead atoms. The van der Waals surface area contributed by atoms with E-state index in [1.165, 1.54) is 7.11 Å². The number of hydrogen-bond donors (Lipinski definition) is 0. The summed E-state index contributed by atoms with van der Waals surface area (Å²) < 4.78 is 4.73. The van der Waals surface area contributed by atoms with Gasteiger partial charge in [-0.3, -0.25) is 14.4 Å². The van der Waals surface area contributed by atoms with Crippen LogP contribution in [-0.4, -0.2) is 24.6 Å². The summed E-state index contributed by atoms with van der Waals surface area (Å²) in [6, 6.07) is 0. The van der Waals surface area contributed by atoms with Crippen LogP contribution in [0.3, 0.4) is 0 Å². The Labute approximate surface area is 108 Å². The molecule has 0 aliphatic heterocycles. The van der Waals surface area contributed by atoms with Crippen molar-refractivity contribution in [2.45, 2.75) is 46.5 Å². The Balaban J connectivity index is 2.87. The largest absolute Gasteiger partial charge is 0.469 e. The minimum atomic E-state index is -0.685. The van der Waals surface area contributed by atoms with Crippen molar-refractivity contribution >= 4 is 17.5 Å². The third-order valence-electron chi connectivity index (χ3n) is 3.51. The zero-order valence-electron chi connectivity index (χ0n) is 11.6. The van der Waals surface area contributed by atoms with Crippen LogP contribution in [-0.2, 0) is 19.1 Å². The smallest absolute Gasteiger partial charge is 0.309 e. The van der Waals surface area contributed by atoms with Crippen molar-refractivity contribution in [2.24, 2.45) is 17.3 Å². The first kappa shape index (κ1) is 14.9. The van der Waals surface area contributed by atoms with Gasteiger partial charge in [-0.15, -0.1) is 0 Å². The monoisotopic (exact) mass is 254 g/mol. The van der Waals surface area contributed by atoms with E-state index >= 15 is 0 Å². The molecular formula is C14H22O4. The van der Waals surface area contributed by atoms with Crippen molar-refractivity contribution in [2.75, 3.05) is 7.11 Å². The maximum absolute atomic E-state index is 12.2. The first-order chi connectivity index (χ1) is 8.29. The van der Waals surface area contributed by atoms with Crippen LogP contribution in [0.25, 0.3) is 0 Å². The van der Waals surface area contributed by atoms with E-state index in [9.17, 15) is 14.4 Å². The number of carbonyl (C=O) groups excluding carboxylic acids is 3. The second kappa shape index (κ2) is 5.63. The average molecular weight is 254 g/mol. The van der Waals surface area contributed by atoms with E-state index in [0.29, 0.717) is 12.8 Å². The molecule has 0 aromatic rings. The van der Waals surface area contributed by atoms with Gasteiger partial charge in [-0.25, -0.2) is 0 Å². The van der Waals surface area contributed by atoms with Crippen LogP contribution in [0.2, 0.25) is 0 Å². The highest BCUT2D eigenvalue weighted by atomic mass is 16.5. The summed E-state index contributed by atoms with van der Waals surface area (Å²) in [5.74, 6) is -2.09. The molecule has 0 spiro atoms. The molecule has 0 radical (unpaired) electrons. The molecule has 1 aliphatic rings. The molecule has 0 N–H and O–H groups in total. The Morgan fingerprint density at radius 1 is 1.00 bits per heavy atom. The van der Waals surface area contributed by atoms with Crippen molar-refractivity contribution in [3.63, 3.8) is 0 Å². The van der Waals surface area contributed by atoms with Gasteiger partial charge in [0.25, 0.3) is 0 Å². The van der Waals surface area contributed by atoms with Crippen molar-refractivity contribution in [3.8, 4) is 0 Å². The van der Waals surface area contributed by atoms with E-state index in [0.717, 1.165) is 12.8 Å². The van der Waals surface area contributed by atoms with Crippen LogP contribution in [0.15, 0.2) is 0 Å². The van der Waals surface area contributed by atoms with Crippen molar-refractivity contribution in [1.82, 2.24) is 0 Å². The highest BCUT2D eigenvalue weighted by molar-refractivity contribution is 6.40. The predicted molar refractivity (Wildman–Crippen MR) is 66.9 cm³/mol. The Hall–Kier alpha value is -1.19. The van der Waals surface area contributed by atoms with E-state index in [4.69, 9.17) is 4.74 Å². The minimum Gasteiger partial charge on any atom is -0.469 e. The first-order valence-corrected chi connectivity index (χ1v) is 6.45. The molecule has 4 heteroatoms. The highest BCUT2D eigenvalue weighted by Gasteiger charge is 2.41. The van der Waals surface area contributed by atoms with Gasteiger partial charge in [0.2, 0.25) is 11.6 Å². The summed E-state index contributed by atoms with van der Waals surface area (Å²) in [5.41, 5.74) is -0.685. The van der Waals surface area contributed by atoms with Gasteiger partial charge in [-0.1, -0.05) is 33.6 Å². The quantitative estimate of drug-likeness (QED) is 0.572. The topological polar surface area (TPSA) is 60.4 Å². The highest BCUT2D eigenvalue weighted by Crippen LogP contribution is 2.33. The molecule has 1 aliphatic carbocycles. The minimum absolute atomic E-state index is 0.366. The number of carbonyl (C=O) groups is 3. The number of ether oxygens (including phenoxy) is 1. The Morgan fingerprint density at radius 2 is 1.50 bits per heavy atom. The molecule has 1 fully saturated rings. The lowest BCUT2D eigenvalue weighted by Gasteiger charge is -2.29. The first-order valence-electron chi connectivity index (χ1n) is 6.45. The molecule has 0 aromatic heterocycles. The summed E-state index contributed by atoms with van der Waals surface area (Å²) in [4.78, 5) is 35.9. The summed E-state index contributed by atoms with van der Waals surface area (Å²) in [6.07, 6.45) is 3.05. The van der Waals surface area contributed by atoms with Crippen LogP contribution >= 0.6 is 0 Å². The van der Waals surface area contributed by atoms with Gasteiger partial charge in [-0.2, -0.15) is 0 Å². The van der Waals surface area contributed by atoms with Crippen molar-refractivity contribution in [3.05, 3.63) is 0 Å². The Bertz CT molecular complexity index is 351. The molecule has 2 atom stereocenters. The third-order valence-corrected chi connectivity index (χ3v) is 3.51. The lowest BCUT2D eigenvalue weighted by Crippen LogP contribution is -2.40. The van der Waals surface area contributed by atoms with Gasteiger partial charge in [0.1, 0.15) is 0 Å². The summed E-state index contributed by atoms with van der Waals surface area (Å²) in [7, 11) is 1.32. The van der Waals surface area contributed by atoms with E-state index < -0.39 is 23.0 Å². The van der Waals surface area contributed by atoms with E-state index in [1.807, 2.05) is 0 Å². The predicted octanol–water partition coefficient (Wildman–Crippen LogP) is 2.15. The van der Waals surface area contributed by atoms with Gasteiger partial charge in [0.05, 0.1) is 13.0 Å². The van der Waals surface area contributed by atoms with E-state index in [1.54, 1.807) is 20.8 Å². The molecule has 4 nitrogen and oxygen atoms in total. The molecule has 1 rings (SSSR count). The third kappa shape index (κ3) is 3.18. The van der Waals surface area contributed by atoms with Gasteiger partial charge in [0.15, 0.2) is 0 Å². The Kier molecular flexibility index (Phi) is 4.65. The zero-order chi connectivity index (χ0) is 13.9. The number of Topliss-reactive ketones (excluding diaryl/α,β-unsaturated/α-hetero) is 2. The van der Waals surface area contributed by atoms with Crippen LogP contribution < -0.4 is 0 Å². The van der Waals surface area contributed by atoms with Gasteiger partial charge in [-0.05, 0) is 12.8 Å². The molecular weight excluding hydrogens is 232 g/mol. The van der Waals surface area contributed by atoms with Gasteiger partial charge >= 0.3 is 5.97 Å². The average Bonchev–Trinajstić information content (AvgIpc) is 2.35. The second-order valence-electron chi connectivity index (χ2n) is 5.96. The Morgan fingerprint density at radius 3 is 1.94 bits per heavy atom. The van der Waals surface area contributed by atoms with Gasteiger partial charge < -0.3 is 4.74 Å². The van der Waals surface area contributed by atoms with Crippen LogP contribution in [0, 0.1) is 17.3 Å². The number of rotatable bonds is 3. The molecule has 0 heterocycles. The summed E-state index contributed by atoms with van der Waals surface area (Å²) in [5, 5.41) is 0. The lowest BCUT2D eigenvalue weighted by atomic mass is 9.73. The number of esters is 1. The van der Waals surface area contributed by atoms with E-state index in [-0.39, 0.29) is 11.8 Å². The molecule has 0 amide bonds. The molecule has 1 saturated carbocycles. The maximum Gasteiger partial charge on any atom is 0.309 e. The lowest BCUT2D eigenvalue weighted by molar-refractivity contribution is -0.154. The number of methoxy groups -OCH3 is 1. The maximum atomic E-state index is 12.2. The molecule has 102 valence electrons. The fourth-order valence-electron chi connectivity index (χ4n) is 2.42. The van der Waals surface area contributed by atoms with Gasteiger partial charge in [0, 0.05) is 11.3 Å². The molecule has 0 aromatic carbocycles.